The number of hydrogen-bond acceptors (Lipinski definition) is 4. The average molecular weight is 333 g/mol. The van der Waals surface area contributed by atoms with Gasteiger partial charge in [-0.3, -0.25) is 9.59 Å². The fraction of sp³-hybridized carbons (Fsp3) is 0.556. The first-order valence-electron chi connectivity index (χ1n) is 8.65. The Bertz CT molecular complexity index is 562. The highest BCUT2D eigenvalue weighted by Gasteiger charge is 2.28. The van der Waals surface area contributed by atoms with Gasteiger partial charge < -0.3 is 20.7 Å². The van der Waals surface area contributed by atoms with Gasteiger partial charge in [0.1, 0.15) is 5.75 Å². The first-order chi connectivity index (χ1) is 11.7. The predicted octanol–water partition coefficient (Wildman–Crippen LogP) is 1.40. The van der Waals surface area contributed by atoms with Crippen molar-refractivity contribution in [2.45, 2.75) is 26.2 Å². The molecule has 1 saturated heterocycles. The van der Waals surface area contributed by atoms with Crippen LogP contribution in [0.25, 0.3) is 0 Å². The lowest BCUT2D eigenvalue weighted by molar-refractivity contribution is -0.126. The van der Waals surface area contributed by atoms with Crippen LogP contribution in [0, 0.1) is 5.92 Å². The van der Waals surface area contributed by atoms with Crippen LogP contribution in [0.15, 0.2) is 24.3 Å². The van der Waals surface area contributed by atoms with Crippen molar-refractivity contribution in [3.8, 4) is 5.75 Å². The Labute approximate surface area is 143 Å². The van der Waals surface area contributed by atoms with Gasteiger partial charge in [0.05, 0.1) is 12.5 Å². The molecule has 2 amide bonds. The van der Waals surface area contributed by atoms with Crippen LogP contribution < -0.4 is 15.8 Å². The van der Waals surface area contributed by atoms with Crippen LogP contribution in [0.2, 0.25) is 0 Å². The summed E-state index contributed by atoms with van der Waals surface area (Å²) in [5.74, 6) is 0.483. The number of ether oxygens (including phenoxy) is 1. The van der Waals surface area contributed by atoms with Crippen molar-refractivity contribution in [2.75, 3.05) is 32.8 Å². The molecule has 132 valence electrons. The van der Waals surface area contributed by atoms with E-state index in [0.717, 1.165) is 19.3 Å². The predicted molar refractivity (Wildman–Crippen MR) is 92.9 cm³/mol. The molecule has 6 heteroatoms. The fourth-order valence-electron chi connectivity index (χ4n) is 2.84. The third kappa shape index (κ3) is 4.96. The summed E-state index contributed by atoms with van der Waals surface area (Å²) in [7, 11) is 0. The van der Waals surface area contributed by atoms with E-state index in [9.17, 15) is 9.59 Å². The highest BCUT2D eigenvalue weighted by atomic mass is 16.5. The van der Waals surface area contributed by atoms with Gasteiger partial charge in [0.15, 0.2) is 0 Å². The zero-order valence-electron chi connectivity index (χ0n) is 14.3. The molecule has 1 aromatic carbocycles. The third-order valence-electron chi connectivity index (χ3n) is 4.08. The minimum Gasteiger partial charge on any atom is -0.494 e. The Kier molecular flexibility index (Phi) is 7.06. The number of carbonyl (C=O) groups is 2. The molecule has 0 saturated carbocycles. The Morgan fingerprint density at radius 1 is 1.42 bits per heavy atom. The molecule has 1 atom stereocenters. The van der Waals surface area contributed by atoms with Crippen molar-refractivity contribution in [3.05, 3.63) is 29.8 Å². The van der Waals surface area contributed by atoms with E-state index < -0.39 is 0 Å². The highest BCUT2D eigenvalue weighted by Crippen LogP contribution is 2.21. The Hall–Kier alpha value is -2.08. The summed E-state index contributed by atoms with van der Waals surface area (Å²) < 4.78 is 5.59. The number of carbonyl (C=O) groups excluding carboxylic acids is 2. The smallest absolute Gasteiger partial charge is 0.254 e. The van der Waals surface area contributed by atoms with Gasteiger partial charge in [-0.2, -0.15) is 0 Å². The number of benzene rings is 1. The van der Waals surface area contributed by atoms with Crippen LogP contribution >= 0.6 is 0 Å². The van der Waals surface area contributed by atoms with E-state index in [4.69, 9.17) is 10.5 Å². The van der Waals surface area contributed by atoms with E-state index in [1.54, 1.807) is 17.0 Å². The number of nitrogens with zero attached hydrogens (tertiary/aromatic N) is 1. The average Bonchev–Trinajstić information content (AvgIpc) is 2.64. The largest absolute Gasteiger partial charge is 0.494 e. The molecule has 0 aliphatic carbocycles. The summed E-state index contributed by atoms with van der Waals surface area (Å²) in [6.07, 6.45) is 2.56. The van der Waals surface area contributed by atoms with Crippen molar-refractivity contribution < 1.29 is 14.3 Å². The van der Waals surface area contributed by atoms with Gasteiger partial charge in [-0.25, -0.2) is 0 Å². The molecule has 2 rings (SSSR count). The Morgan fingerprint density at radius 3 is 3.00 bits per heavy atom. The quantitative estimate of drug-likeness (QED) is 0.790. The molecule has 3 N–H and O–H groups in total. The van der Waals surface area contributed by atoms with E-state index in [-0.39, 0.29) is 17.7 Å². The van der Waals surface area contributed by atoms with Crippen molar-refractivity contribution in [1.29, 1.82) is 0 Å². The molecule has 24 heavy (non-hydrogen) atoms. The topological polar surface area (TPSA) is 84.7 Å². The SMILES string of the molecule is CCCOc1cccc(C(=O)N2CCCC(C(=O)NCCN)C2)c1. The normalized spacial score (nSPS) is 17.4. The van der Waals surface area contributed by atoms with Gasteiger partial charge in [0.25, 0.3) is 5.91 Å². The lowest BCUT2D eigenvalue weighted by Crippen LogP contribution is -2.46. The molecule has 0 bridgehead atoms. The minimum atomic E-state index is -0.159. The van der Waals surface area contributed by atoms with Gasteiger partial charge in [-0.05, 0) is 37.5 Å². The van der Waals surface area contributed by atoms with Crippen LogP contribution in [-0.4, -0.2) is 49.5 Å². The van der Waals surface area contributed by atoms with E-state index in [2.05, 4.69) is 5.32 Å². The summed E-state index contributed by atoms with van der Waals surface area (Å²) in [6, 6.07) is 7.24. The van der Waals surface area contributed by atoms with Crippen LogP contribution in [-0.2, 0) is 4.79 Å². The van der Waals surface area contributed by atoms with Crippen LogP contribution in [0.5, 0.6) is 5.75 Å². The summed E-state index contributed by atoms with van der Waals surface area (Å²) in [4.78, 5) is 26.6. The summed E-state index contributed by atoms with van der Waals surface area (Å²) in [6.45, 7) is 4.70. The minimum absolute atomic E-state index is 0.0158. The molecule has 0 aromatic heterocycles. The number of nitrogens with one attached hydrogen (secondary N) is 1. The molecule has 1 unspecified atom stereocenters. The summed E-state index contributed by atoms with van der Waals surface area (Å²) in [5, 5.41) is 2.81. The zero-order chi connectivity index (χ0) is 17.4. The molecule has 0 radical (unpaired) electrons. The Morgan fingerprint density at radius 2 is 2.25 bits per heavy atom. The second-order valence-electron chi connectivity index (χ2n) is 6.05. The summed E-state index contributed by atoms with van der Waals surface area (Å²) in [5.41, 5.74) is 6.02. The molecule has 1 fully saturated rings. The summed E-state index contributed by atoms with van der Waals surface area (Å²) >= 11 is 0. The lowest BCUT2D eigenvalue weighted by Gasteiger charge is -2.32. The molecule has 0 spiro atoms. The lowest BCUT2D eigenvalue weighted by atomic mass is 9.96. The molecule has 1 heterocycles. The molecule has 1 aliphatic rings. The van der Waals surface area contributed by atoms with Gasteiger partial charge >= 0.3 is 0 Å². The number of rotatable bonds is 7. The molecule has 1 aromatic rings. The molecular weight excluding hydrogens is 306 g/mol. The highest BCUT2D eigenvalue weighted by molar-refractivity contribution is 5.95. The number of nitrogens with two attached hydrogens (primary N) is 1. The number of amides is 2. The van der Waals surface area contributed by atoms with Crippen molar-refractivity contribution in [2.24, 2.45) is 11.7 Å². The first-order valence-corrected chi connectivity index (χ1v) is 8.65. The fourth-order valence-corrected chi connectivity index (χ4v) is 2.84. The van der Waals surface area contributed by atoms with Crippen molar-refractivity contribution >= 4 is 11.8 Å². The number of likely N-dealkylation sites (tertiary alicyclic amines) is 1. The maximum Gasteiger partial charge on any atom is 0.254 e. The van der Waals surface area contributed by atoms with E-state index in [0.29, 0.717) is 44.1 Å². The number of hydrogen-bond donors (Lipinski definition) is 2. The monoisotopic (exact) mass is 333 g/mol. The van der Waals surface area contributed by atoms with E-state index in [1.807, 2.05) is 19.1 Å². The van der Waals surface area contributed by atoms with Gasteiger partial charge in [-0.15, -0.1) is 0 Å². The number of piperidine rings is 1. The molecular formula is C18H27N3O3. The standard InChI is InChI=1S/C18H27N3O3/c1-2-11-24-16-7-3-5-14(12-16)18(23)21-10-4-6-15(13-21)17(22)20-9-8-19/h3,5,7,12,15H,2,4,6,8-11,13,19H2,1H3,(H,20,22). The maximum absolute atomic E-state index is 12.7. The Balaban J connectivity index is 1.99. The van der Waals surface area contributed by atoms with Crippen LogP contribution in [0.3, 0.4) is 0 Å². The van der Waals surface area contributed by atoms with Gasteiger partial charge in [0, 0.05) is 31.7 Å². The molecule has 1 aliphatic heterocycles. The molecule has 6 nitrogen and oxygen atoms in total. The van der Waals surface area contributed by atoms with Crippen molar-refractivity contribution in [1.82, 2.24) is 10.2 Å². The van der Waals surface area contributed by atoms with Gasteiger partial charge in [-0.1, -0.05) is 13.0 Å². The third-order valence-corrected chi connectivity index (χ3v) is 4.08. The van der Waals surface area contributed by atoms with E-state index >= 15 is 0 Å². The van der Waals surface area contributed by atoms with Crippen LogP contribution in [0.4, 0.5) is 0 Å². The van der Waals surface area contributed by atoms with Crippen molar-refractivity contribution in [3.63, 3.8) is 0 Å². The van der Waals surface area contributed by atoms with Crippen LogP contribution in [0.1, 0.15) is 36.5 Å². The van der Waals surface area contributed by atoms with Gasteiger partial charge in [0.2, 0.25) is 5.91 Å². The second-order valence-corrected chi connectivity index (χ2v) is 6.05. The maximum atomic E-state index is 12.7. The first kappa shape index (κ1) is 18.3. The van der Waals surface area contributed by atoms with E-state index in [1.165, 1.54) is 0 Å². The second kappa shape index (κ2) is 9.27. The zero-order valence-corrected chi connectivity index (χ0v) is 14.3.